The highest BCUT2D eigenvalue weighted by atomic mass is 32.1. The van der Waals surface area contributed by atoms with Crippen LogP contribution in [0.4, 0.5) is 28.4 Å². The topological polar surface area (TPSA) is 24.9 Å². The number of alkyl halides is 3. The lowest BCUT2D eigenvalue weighted by Gasteiger charge is -2.08. The van der Waals surface area contributed by atoms with Crippen LogP contribution >= 0.6 is 11.3 Å². The van der Waals surface area contributed by atoms with Crippen molar-refractivity contribution < 1.29 is 17.6 Å². The summed E-state index contributed by atoms with van der Waals surface area (Å²) in [7, 11) is 0. The molecule has 3 rings (SSSR count). The standard InChI is InChI=1S/C17H12F4N2S/c1-10-3-2-4-12(7-10)22-16-23-15(9-24-16)13-8-11(17(19,20)21)5-6-14(13)18/h2-9H,1H3,(H,22,23). The maximum Gasteiger partial charge on any atom is 0.416 e. The molecule has 7 heteroatoms. The summed E-state index contributed by atoms with van der Waals surface area (Å²) in [6.07, 6.45) is -4.53. The van der Waals surface area contributed by atoms with Crippen molar-refractivity contribution in [1.29, 1.82) is 0 Å². The molecule has 2 aromatic carbocycles. The first-order valence-electron chi connectivity index (χ1n) is 6.99. The van der Waals surface area contributed by atoms with Gasteiger partial charge in [0.15, 0.2) is 5.13 Å². The second-order valence-electron chi connectivity index (χ2n) is 5.22. The van der Waals surface area contributed by atoms with Gasteiger partial charge in [-0.15, -0.1) is 11.3 Å². The van der Waals surface area contributed by atoms with Gasteiger partial charge in [-0.25, -0.2) is 9.37 Å². The van der Waals surface area contributed by atoms with Gasteiger partial charge in [0.25, 0.3) is 0 Å². The molecule has 0 saturated carbocycles. The summed E-state index contributed by atoms with van der Waals surface area (Å²) in [5.74, 6) is -0.740. The molecular formula is C17H12F4N2S. The second kappa shape index (κ2) is 6.24. The van der Waals surface area contributed by atoms with Gasteiger partial charge in [0.1, 0.15) is 5.82 Å². The Bertz CT molecular complexity index is 871. The van der Waals surface area contributed by atoms with Crippen LogP contribution in [0.2, 0.25) is 0 Å². The molecule has 0 unspecified atom stereocenters. The second-order valence-corrected chi connectivity index (χ2v) is 6.08. The zero-order chi connectivity index (χ0) is 17.3. The van der Waals surface area contributed by atoms with Crippen LogP contribution < -0.4 is 5.32 Å². The first kappa shape index (κ1) is 16.4. The number of nitrogens with one attached hydrogen (secondary N) is 1. The Kier molecular flexibility index (Phi) is 4.28. The van der Waals surface area contributed by atoms with E-state index in [4.69, 9.17) is 0 Å². The largest absolute Gasteiger partial charge is 0.416 e. The van der Waals surface area contributed by atoms with E-state index in [2.05, 4.69) is 10.3 Å². The van der Waals surface area contributed by atoms with E-state index in [1.165, 1.54) is 16.7 Å². The molecule has 1 N–H and O–H groups in total. The maximum atomic E-state index is 13.9. The lowest BCUT2D eigenvalue weighted by Crippen LogP contribution is -2.05. The summed E-state index contributed by atoms with van der Waals surface area (Å²) in [6.45, 7) is 1.94. The summed E-state index contributed by atoms with van der Waals surface area (Å²) >= 11 is 1.20. The molecule has 3 aromatic rings. The average molecular weight is 352 g/mol. The number of nitrogens with zero attached hydrogens (tertiary/aromatic N) is 1. The van der Waals surface area contributed by atoms with Gasteiger partial charge in [0, 0.05) is 16.6 Å². The van der Waals surface area contributed by atoms with Crippen LogP contribution in [0.1, 0.15) is 11.1 Å². The number of benzene rings is 2. The van der Waals surface area contributed by atoms with Crippen molar-refractivity contribution in [3.05, 3.63) is 64.8 Å². The fraction of sp³-hybridized carbons (Fsp3) is 0.118. The third-order valence-corrected chi connectivity index (χ3v) is 4.10. The summed E-state index contributed by atoms with van der Waals surface area (Å²) in [5, 5.41) is 5.07. The van der Waals surface area contributed by atoms with Crippen LogP contribution in [0.5, 0.6) is 0 Å². The fourth-order valence-electron chi connectivity index (χ4n) is 2.20. The predicted molar refractivity (Wildman–Crippen MR) is 87.0 cm³/mol. The number of rotatable bonds is 3. The van der Waals surface area contributed by atoms with Gasteiger partial charge in [0.2, 0.25) is 0 Å². The van der Waals surface area contributed by atoms with Crippen LogP contribution in [0.25, 0.3) is 11.3 Å². The number of hydrogen-bond acceptors (Lipinski definition) is 3. The minimum atomic E-state index is -4.53. The quantitative estimate of drug-likeness (QED) is 0.583. The number of aryl methyl sites for hydroxylation is 1. The van der Waals surface area contributed by atoms with Crippen molar-refractivity contribution in [3.63, 3.8) is 0 Å². The smallest absolute Gasteiger partial charge is 0.332 e. The van der Waals surface area contributed by atoms with E-state index in [9.17, 15) is 17.6 Å². The van der Waals surface area contributed by atoms with E-state index in [1.54, 1.807) is 0 Å². The number of hydrogen-bond donors (Lipinski definition) is 1. The molecule has 1 aromatic heterocycles. The Labute approximate surface area is 139 Å². The van der Waals surface area contributed by atoms with Crippen molar-refractivity contribution in [2.24, 2.45) is 0 Å². The highest BCUT2D eigenvalue weighted by Gasteiger charge is 2.31. The van der Waals surface area contributed by atoms with Gasteiger partial charge in [-0.2, -0.15) is 13.2 Å². The fourth-order valence-corrected chi connectivity index (χ4v) is 2.93. The van der Waals surface area contributed by atoms with Crippen molar-refractivity contribution >= 4 is 22.2 Å². The summed E-state index contributed by atoms with van der Waals surface area (Å²) < 4.78 is 52.3. The lowest BCUT2D eigenvalue weighted by molar-refractivity contribution is -0.137. The van der Waals surface area contributed by atoms with E-state index in [1.807, 2.05) is 31.2 Å². The molecule has 1 heterocycles. The van der Waals surface area contributed by atoms with Crippen LogP contribution in [-0.4, -0.2) is 4.98 Å². The minimum Gasteiger partial charge on any atom is -0.332 e. The molecule has 124 valence electrons. The zero-order valence-electron chi connectivity index (χ0n) is 12.5. The van der Waals surface area contributed by atoms with Gasteiger partial charge < -0.3 is 5.32 Å². The SMILES string of the molecule is Cc1cccc(Nc2nc(-c3cc(C(F)(F)F)ccc3F)cs2)c1. The molecule has 0 aliphatic carbocycles. The summed E-state index contributed by atoms with van der Waals surface area (Å²) in [4.78, 5) is 4.19. The van der Waals surface area contributed by atoms with Crippen molar-refractivity contribution in [1.82, 2.24) is 4.98 Å². The monoisotopic (exact) mass is 352 g/mol. The van der Waals surface area contributed by atoms with Crippen molar-refractivity contribution in [2.75, 3.05) is 5.32 Å². The molecule has 0 bridgehead atoms. The average Bonchev–Trinajstić information content (AvgIpc) is 2.94. The van der Waals surface area contributed by atoms with E-state index in [0.717, 1.165) is 29.4 Å². The minimum absolute atomic E-state index is 0.166. The molecule has 2 nitrogen and oxygen atoms in total. The predicted octanol–water partition coefficient (Wildman–Crippen LogP) is 6.02. The van der Waals surface area contributed by atoms with Crippen LogP contribution in [-0.2, 0) is 6.18 Å². The molecule has 0 fully saturated rings. The Morgan fingerprint density at radius 3 is 2.58 bits per heavy atom. The normalized spacial score (nSPS) is 11.5. The number of halogens is 4. The third-order valence-electron chi connectivity index (χ3n) is 3.34. The van der Waals surface area contributed by atoms with Crippen molar-refractivity contribution in [3.8, 4) is 11.3 Å². The van der Waals surface area contributed by atoms with Gasteiger partial charge in [0.05, 0.1) is 11.3 Å². The highest BCUT2D eigenvalue weighted by Crippen LogP contribution is 2.35. The first-order chi connectivity index (χ1) is 11.3. The Morgan fingerprint density at radius 2 is 1.88 bits per heavy atom. The zero-order valence-corrected chi connectivity index (χ0v) is 13.3. The summed E-state index contributed by atoms with van der Waals surface area (Å²) in [5.41, 5.74) is 0.957. The molecule has 0 aliphatic rings. The Hall–Kier alpha value is -2.41. The van der Waals surface area contributed by atoms with Crippen LogP contribution in [0, 0.1) is 12.7 Å². The lowest BCUT2D eigenvalue weighted by atomic mass is 10.1. The third kappa shape index (κ3) is 3.56. The number of aromatic nitrogens is 1. The Balaban J connectivity index is 1.90. The molecule has 24 heavy (non-hydrogen) atoms. The number of anilines is 2. The molecule has 0 saturated heterocycles. The van der Waals surface area contributed by atoms with Gasteiger partial charge in [-0.1, -0.05) is 12.1 Å². The van der Waals surface area contributed by atoms with Gasteiger partial charge in [-0.05, 0) is 42.8 Å². The van der Waals surface area contributed by atoms with Gasteiger partial charge >= 0.3 is 6.18 Å². The van der Waals surface area contributed by atoms with E-state index in [0.29, 0.717) is 5.13 Å². The highest BCUT2D eigenvalue weighted by molar-refractivity contribution is 7.14. The molecule has 0 amide bonds. The molecule has 0 spiro atoms. The van der Waals surface area contributed by atoms with Crippen molar-refractivity contribution in [2.45, 2.75) is 13.1 Å². The Morgan fingerprint density at radius 1 is 1.08 bits per heavy atom. The number of thiazole rings is 1. The molecule has 0 aliphatic heterocycles. The molecule has 0 radical (unpaired) electrons. The van der Waals surface area contributed by atoms with E-state index >= 15 is 0 Å². The molecular weight excluding hydrogens is 340 g/mol. The maximum absolute atomic E-state index is 13.9. The van der Waals surface area contributed by atoms with Gasteiger partial charge in [-0.3, -0.25) is 0 Å². The molecule has 0 atom stereocenters. The first-order valence-corrected chi connectivity index (χ1v) is 7.87. The van der Waals surface area contributed by atoms with E-state index in [-0.39, 0.29) is 11.3 Å². The summed E-state index contributed by atoms with van der Waals surface area (Å²) in [6, 6.07) is 9.88. The van der Waals surface area contributed by atoms with E-state index < -0.39 is 17.6 Å². The van der Waals surface area contributed by atoms with Crippen LogP contribution in [0.15, 0.2) is 47.8 Å². The van der Waals surface area contributed by atoms with Crippen LogP contribution in [0.3, 0.4) is 0 Å².